The van der Waals surface area contributed by atoms with Crippen LogP contribution < -0.4 is 5.32 Å². The van der Waals surface area contributed by atoms with Gasteiger partial charge in [0.05, 0.1) is 0 Å². The molecular weight excluding hydrogens is 392 g/mol. The normalized spacial score (nSPS) is 16.2. The fourth-order valence-corrected chi connectivity index (χ4v) is 3.81. The van der Waals surface area contributed by atoms with Crippen LogP contribution in [0.25, 0.3) is 11.3 Å². The Hall–Kier alpha value is -3.48. The van der Waals surface area contributed by atoms with Crippen molar-refractivity contribution in [2.45, 2.75) is 45.7 Å². The molecule has 1 aliphatic rings. The summed E-state index contributed by atoms with van der Waals surface area (Å²) in [5.74, 6) is 0.107. The lowest BCUT2D eigenvalue weighted by Crippen LogP contribution is -2.51. The van der Waals surface area contributed by atoms with Crippen LogP contribution in [-0.2, 0) is 11.3 Å². The number of aryl methyl sites for hydroxylation is 2. The van der Waals surface area contributed by atoms with E-state index in [0.29, 0.717) is 25.3 Å². The summed E-state index contributed by atoms with van der Waals surface area (Å²) in [5, 5.41) is 6.93. The Kier molecular flexibility index (Phi) is 6.11. The third-order valence-corrected chi connectivity index (χ3v) is 5.78. The highest BCUT2D eigenvalue weighted by Gasteiger charge is 2.34. The van der Waals surface area contributed by atoms with Crippen molar-refractivity contribution in [3.63, 3.8) is 0 Å². The van der Waals surface area contributed by atoms with Crippen molar-refractivity contribution in [2.24, 2.45) is 0 Å². The van der Waals surface area contributed by atoms with E-state index in [4.69, 9.17) is 4.52 Å². The Labute approximate surface area is 181 Å². The van der Waals surface area contributed by atoms with Crippen LogP contribution >= 0.6 is 0 Å². The number of carbonyl (C=O) groups excluding carboxylic acids is 2. The number of hydrogen-bond acceptors (Lipinski definition) is 5. The number of pyridine rings is 1. The van der Waals surface area contributed by atoms with Crippen molar-refractivity contribution >= 4 is 11.8 Å². The second kappa shape index (κ2) is 9.12. The topological polar surface area (TPSA) is 88.3 Å². The number of aromatic nitrogens is 2. The van der Waals surface area contributed by atoms with Gasteiger partial charge in [-0.15, -0.1) is 0 Å². The van der Waals surface area contributed by atoms with Gasteiger partial charge >= 0.3 is 0 Å². The Morgan fingerprint density at radius 1 is 1.16 bits per heavy atom. The van der Waals surface area contributed by atoms with Crippen molar-refractivity contribution in [3.8, 4) is 11.3 Å². The van der Waals surface area contributed by atoms with Crippen LogP contribution in [-0.4, -0.2) is 39.4 Å². The van der Waals surface area contributed by atoms with E-state index in [2.05, 4.69) is 15.5 Å². The fourth-order valence-electron chi connectivity index (χ4n) is 3.81. The van der Waals surface area contributed by atoms with Crippen molar-refractivity contribution in [1.82, 2.24) is 20.4 Å². The minimum absolute atomic E-state index is 0.158. The molecule has 0 spiro atoms. The lowest BCUT2D eigenvalue weighted by atomic mass is 10.0. The minimum atomic E-state index is -0.514. The average molecular weight is 418 g/mol. The van der Waals surface area contributed by atoms with Gasteiger partial charge in [0.1, 0.15) is 6.04 Å². The van der Waals surface area contributed by atoms with E-state index in [1.165, 1.54) is 5.56 Å². The molecule has 0 saturated carbocycles. The summed E-state index contributed by atoms with van der Waals surface area (Å²) in [6.45, 7) is 4.98. The third-order valence-electron chi connectivity index (χ3n) is 5.78. The van der Waals surface area contributed by atoms with Gasteiger partial charge in [-0.1, -0.05) is 23.4 Å². The van der Waals surface area contributed by atoms with E-state index >= 15 is 0 Å². The average Bonchev–Trinajstić information content (AvgIpc) is 3.30. The lowest BCUT2D eigenvalue weighted by Gasteiger charge is -2.34. The summed E-state index contributed by atoms with van der Waals surface area (Å²) in [5.41, 5.74) is 4.34. The zero-order chi connectivity index (χ0) is 21.8. The zero-order valence-electron chi connectivity index (χ0n) is 17.8. The van der Waals surface area contributed by atoms with Crippen molar-refractivity contribution in [3.05, 3.63) is 71.2 Å². The Bertz CT molecular complexity index is 1080. The van der Waals surface area contributed by atoms with Gasteiger partial charge < -0.3 is 14.7 Å². The van der Waals surface area contributed by atoms with E-state index in [1.807, 2.05) is 44.2 Å². The molecule has 160 valence electrons. The van der Waals surface area contributed by atoms with Crippen LogP contribution in [0.2, 0.25) is 0 Å². The molecule has 3 aromatic rings. The first-order valence-electron chi connectivity index (χ1n) is 10.5. The van der Waals surface area contributed by atoms with Crippen molar-refractivity contribution in [2.75, 3.05) is 6.54 Å². The monoisotopic (exact) mass is 418 g/mol. The van der Waals surface area contributed by atoms with Gasteiger partial charge in [-0.2, -0.15) is 0 Å². The van der Waals surface area contributed by atoms with E-state index in [-0.39, 0.29) is 17.5 Å². The highest BCUT2D eigenvalue weighted by atomic mass is 16.5. The highest BCUT2D eigenvalue weighted by Crippen LogP contribution is 2.25. The number of nitrogens with zero attached hydrogens (tertiary/aromatic N) is 3. The van der Waals surface area contributed by atoms with E-state index < -0.39 is 6.04 Å². The van der Waals surface area contributed by atoms with Crippen molar-refractivity contribution in [1.29, 1.82) is 0 Å². The number of nitrogens with one attached hydrogen (secondary N) is 1. The quantitative estimate of drug-likeness (QED) is 0.683. The molecule has 1 unspecified atom stereocenters. The van der Waals surface area contributed by atoms with Crippen molar-refractivity contribution < 1.29 is 14.1 Å². The Morgan fingerprint density at radius 2 is 2.03 bits per heavy atom. The second-order valence-corrected chi connectivity index (χ2v) is 7.96. The van der Waals surface area contributed by atoms with E-state index in [9.17, 15) is 9.59 Å². The summed E-state index contributed by atoms with van der Waals surface area (Å²) in [6.07, 6.45) is 5.80. The molecule has 31 heavy (non-hydrogen) atoms. The molecule has 1 N–H and O–H groups in total. The smallest absolute Gasteiger partial charge is 0.276 e. The maximum Gasteiger partial charge on any atom is 0.276 e. The minimum Gasteiger partial charge on any atom is -0.355 e. The highest BCUT2D eigenvalue weighted by molar-refractivity contribution is 5.96. The number of likely N-dealkylation sites (tertiary alicyclic amines) is 1. The number of hydrogen-bond donors (Lipinski definition) is 1. The number of piperidine rings is 1. The molecule has 0 aliphatic carbocycles. The van der Waals surface area contributed by atoms with Crippen LogP contribution in [0.1, 0.15) is 46.4 Å². The first-order valence-corrected chi connectivity index (χ1v) is 10.5. The molecule has 1 aliphatic heterocycles. The number of amides is 2. The summed E-state index contributed by atoms with van der Waals surface area (Å²) in [6, 6.07) is 10.9. The van der Waals surface area contributed by atoms with Gasteiger partial charge in [0.25, 0.3) is 5.91 Å². The predicted molar refractivity (Wildman–Crippen MR) is 116 cm³/mol. The van der Waals surface area contributed by atoms with Gasteiger partial charge in [0.2, 0.25) is 5.91 Å². The number of carbonyl (C=O) groups is 2. The maximum atomic E-state index is 13.2. The SMILES string of the molecule is Cc1ccc(-c2cc(C(=O)N3CCCCC3C(=O)NCc3cccnc3)no2)cc1C. The molecule has 0 radical (unpaired) electrons. The third kappa shape index (κ3) is 4.66. The lowest BCUT2D eigenvalue weighted by molar-refractivity contribution is -0.126. The summed E-state index contributed by atoms with van der Waals surface area (Å²) in [4.78, 5) is 31.7. The maximum absolute atomic E-state index is 13.2. The summed E-state index contributed by atoms with van der Waals surface area (Å²) >= 11 is 0. The molecule has 2 aromatic heterocycles. The zero-order valence-corrected chi connectivity index (χ0v) is 17.8. The molecular formula is C24H26N4O3. The Morgan fingerprint density at radius 3 is 2.81 bits per heavy atom. The van der Waals surface area contributed by atoms with Crippen LogP contribution in [0.3, 0.4) is 0 Å². The molecule has 1 fully saturated rings. The standard InChI is InChI=1S/C24H26N4O3/c1-16-8-9-19(12-17(16)2)22-13-20(27-31-22)24(30)28-11-4-3-7-21(28)23(29)26-15-18-6-5-10-25-14-18/h5-6,8-10,12-14,21H,3-4,7,11,15H2,1-2H3,(H,26,29). The Balaban J connectivity index is 1.47. The molecule has 4 rings (SSSR count). The molecule has 3 heterocycles. The molecule has 1 aromatic carbocycles. The van der Waals surface area contributed by atoms with Gasteiger partial charge in [-0.25, -0.2) is 0 Å². The van der Waals surface area contributed by atoms with Gasteiger partial charge in [-0.3, -0.25) is 14.6 Å². The first-order chi connectivity index (χ1) is 15.0. The molecule has 1 atom stereocenters. The summed E-state index contributed by atoms with van der Waals surface area (Å²) in [7, 11) is 0. The largest absolute Gasteiger partial charge is 0.355 e. The molecule has 0 bridgehead atoms. The molecule has 2 amide bonds. The second-order valence-electron chi connectivity index (χ2n) is 7.96. The van der Waals surface area contributed by atoms with Gasteiger partial charge in [0.15, 0.2) is 11.5 Å². The fraction of sp³-hybridized carbons (Fsp3) is 0.333. The van der Waals surface area contributed by atoms with Crippen LogP contribution in [0.15, 0.2) is 53.3 Å². The van der Waals surface area contributed by atoms with Gasteiger partial charge in [-0.05, 0) is 61.9 Å². The van der Waals surface area contributed by atoms with Gasteiger partial charge in [0, 0.05) is 37.1 Å². The first kappa shape index (κ1) is 20.8. The molecule has 1 saturated heterocycles. The number of benzene rings is 1. The van der Waals surface area contributed by atoms with Crippen LogP contribution in [0.5, 0.6) is 0 Å². The van der Waals surface area contributed by atoms with Crippen LogP contribution in [0, 0.1) is 13.8 Å². The van der Waals surface area contributed by atoms with E-state index in [1.54, 1.807) is 23.4 Å². The predicted octanol–water partition coefficient (Wildman–Crippen LogP) is 3.66. The van der Waals surface area contributed by atoms with Crippen LogP contribution in [0.4, 0.5) is 0 Å². The summed E-state index contributed by atoms with van der Waals surface area (Å²) < 4.78 is 5.45. The molecule has 7 heteroatoms. The number of rotatable bonds is 5. The van der Waals surface area contributed by atoms with E-state index in [0.717, 1.165) is 29.5 Å². The molecule has 7 nitrogen and oxygen atoms in total.